The summed E-state index contributed by atoms with van der Waals surface area (Å²) in [5.74, 6) is 1.62. The number of aromatic nitrogens is 2. The van der Waals surface area contributed by atoms with Crippen LogP contribution in [0.3, 0.4) is 0 Å². The number of nitriles is 1. The Balaban J connectivity index is 1.59. The van der Waals surface area contributed by atoms with Crippen molar-refractivity contribution in [1.82, 2.24) is 9.55 Å². The Bertz CT molecular complexity index is 1280. The molecule has 3 nitrogen and oxygen atoms in total. The van der Waals surface area contributed by atoms with Gasteiger partial charge in [0.25, 0.3) is 0 Å². The second kappa shape index (κ2) is 9.24. The summed E-state index contributed by atoms with van der Waals surface area (Å²) in [5.41, 5.74) is 8.59. The smallest absolute Gasteiger partial charge is 0.0991 e. The molecule has 2 heterocycles. The molecule has 1 saturated carbocycles. The molecule has 0 N–H and O–H groups in total. The van der Waals surface area contributed by atoms with Crippen LogP contribution in [-0.4, -0.2) is 9.55 Å². The predicted molar refractivity (Wildman–Crippen MR) is 136 cm³/mol. The van der Waals surface area contributed by atoms with Crippen molar-refractivity contribution < 1.29 is 0 Å². The summed E-state index contributed by atoms with van der Waals surface area (Å²) in [4.78, 5) is 5.16. The number of rotatable bonds is 5. The average Bonchev–Trinajstić information content (AvgIpc) is 3.26. The van der Waals surface area contributed by atoms with Crippen LogP contribution in [0.1, 0.15) is 50.7 Å². The van der Waals surface area contributed by atoms with Crippen LogP contribution >= 0.6 is 0 Å². The molecule has 3 heteroatoms. The van der Waals surface area contributed by atoms with Gasteiger partial charge in [-0.15, -0.1) is 0 Å². The number of nitrogens with zero attached hydrogens (tertiary/aromatic N) is 3. The Morgan fingerprint density at radius 1 is 0.939 bits per heavy atom. The lowest BCUT2D eigenvalue weighted by atomic mass is 9.83. The van der Waals surface area contributed by atoms with Crippen molar-refractivity contribution in [2.45, 2.75) is 52.5 Å². The molecular formula is C30H31N3. The van der Waals surface area contributed by atoms with E-state index >= 15 is 0 Å². The van der Waals surface area contributed by atoms with E-state index in [1.165, 1.54) is 36.8 Å². The minimum absolute atomic E-state index is 0.677. The molecule has 0 spiro atoms. The summed E-state index contributed by atoms with van der Waals surface area (Å²) in [6.07, 6.45) is 8.56. The molecule has 0 amide bonds. The molecule has 1 aliphatic carbocycles. The predicted octanol–water partition coefficient (Wildman–Crippen LogP) is 7.63. The molecule has 0 aliphatic heterocycles. The number of fused-ring (bicyclic) bond motifs is 1. The number of hydrogen-bond donors (Lipinski definition) is 0. The van der Waals surface area contributed by atoms with Gasteiger partial charge in [-0.3, -0.25) is 0 Å². The van der Waals surface area contributed by atoms with Crippen LogP contribution in [0.25, 0.3) is 33.4 Å². The Morgan fingerprint density at radius 3 is 2.30 bits per heavy atom. The summed E-state index contributed by atoms with van der Waals surface area (Å²) >= 11 is 0. The summed E-state index contributed by atoms with van der Waals surface area (Å²) in [5, 5.41) is 9.24. The van der Waals surface area contributed by atoms with E-state index < -0.39 is 0 Å². The first kappa shape index (κ1) is 21.5. The first-order valence-electron chi connectivity index (χ1n) is 12.2. The quantitative estimate of drug-likeness (QED) is 0.325. The molecule has 33 heavy (non-hydrogen) atoms. The number of benzene rings is 2. The fraction of sp³-hybridized carbons (Fsp3) is 0.333. The van der Waals surface area contributed by atoms with Gasteiger partial charge >= 0.3 is 0 Å². The Morgan fingerprint density at radius 2 is 1.64 bits per heavy atom. The van der Waals surface area contributed by atoms with Crippen LogP contribution in [0, 0.1) is 23.2 Å². The molecule has 4 aromatic rings. The second-order valence-electron chi connectivity index (χ2n) is 9.62. The molecule has 2 aromatic carbocycles. The van der Waals surface area contributed by atoms with Gasteiger partial charge < -0.3 is 4.57 Å². The van der Waals surface area contributed by atoms with Gasteiger partial charge in [0.05, 0.1) is 28.4 Å². The van der Waals surface area contributed by atoms with Gasteiger partial charge in [0.1, 0.15) is 0 Å². The maximum absolute atomic E-state index is 9.24. The van der Waals surface area contributed by atoms with Crippen LogP contribution < -0.4 is 0 Å². The van der Waals surface area contributed by atoms with E-state index in [1.54, 1.807) is 0 Å². The van der Waals surface area contributed by atoms with Crippen molar-refractivity contribution in [3.63, 3.8) is 0 Å². The van der Waals surface area contributed by atoms with Crippen LogP contribution in [0.15, 0.2) is 66.9 Å². The lowest BCUT2D eigenvalue weighted by Gasteiger charge is -2.26. The lowest BCUT2D eigenvalue weighted by Crippen LogP contribution is -2.17. The number of pyridine rings is 1. The molecule has 0 radical (unpaired) electrons. The van der Waals surface area contributed by atoms with E-state index in [2.05, 4.69) is 67.1 Å². The van der Waals surface area contributed by atoms with Gasteiger partial charge in [-0.25, -0.2) is 4.98 Å². The molecule has 166 valence electrons. The Kier molecular flexibility index (Phi) is 6.01. The van der Waals surface area contributed by atoms with E-state index in [0.29, 0.717) is 5.56 Å². The lowest BCUT2D eigenvalue weighted by molar-refractivity contribution is 0.267. The van der Waals surface area contributed by atoms with Gasteiger partial charge in [0.15, 0.2) is 0 Å². The zero-order valence-corrected chi connectivity index (χ0v) is 19.6. The van der Waals surface area contributed by atoms with Crippen molar-refractivity contribution in [2.24, 2.45) is 11.8 Å². The third kappa shape index (κ3) is 4.44. The molecule has 0 bridgehead atoms. The van der Waals surface area contributed by atoms with E-state index in [0.717, 1.165) is 52.7 Å². The van der Waals surface area contributed by atoms with Crippen molar-refractivity contribution in [3.05, 3.63) is 78.0 Å². The van der Waals surface area contributed by atoms with Gasteiger partial charge in [-0.2, -0.15) is 5.26 Å². The first-order valence-corrected chi connectivity index (χ1v) is 12.2. The summed E-state index contributed by atoms with van der Waals surface area (Å²) in [6.45, 7) is 5.62. The zero-order chi connectivity index (χ0) is 22.8. The van der Waals surface area contributed by atoms with Gasteiger partial charge in [0, 0.05) is 23.9 Å². The zero-order valence-electron chi connectivity index (χ0n) is 19.6. The fourth-order valence-electron chi connectivity index (χ4n) is 5.12. The number of hydrogen-bond acceptors (Lipinski definition) is 2. The van der Waals surface area contributed by atoms with Gasteiger partial charge in [-0.1, -0.05) is 63.1 Å². The van der Waals surface area contributed by atoms with Crippen molar-refractivity contribution in [1.29, 1.82) is 5.26 Å². The van der Waals surface area contributed by atoms with Crippen molar-refractivity contribution in [2.75, 3.05) is 0 Å². The molecule has 0 unspecified atom stereocenters. The third-order valence-corrected chi connectivity index (χ3v) is 7.30. The van der Waals surface area contributed by atoms with Gasteiger partial charge in [0.2, 0.25) is 0 Å². The SMILES string of the molecule is CCc1ccc(-c2nc3ccn(CC4CCC(C)CC4)c3cc2-c2ccc(C#N)cc2)cc1. The maximum atomic E-state index is 9.24. The first-order chi connectivity index (χ1) is 16.1. The molecule has 1 fully saturated rings. The highest BCUT2D eigenvalue weighted by Crippen LogP contribution is 2.35. The van der Waals surface area contributed by atoms with E-state index in [9.17, 15) is 5.26 Å². The van der Waals surface area contributed by atoms with Crippen molar-refractivity contribution in [3.8, 4) is 28.5 Å². The van der Waals surface area contributed by atoms with Gasteiger partial charge in [-0.05, 0) is 66.5 Å². The third-order valence-electron chi connectivity index (χ3n) is 7.30. The van der Waals surface area contributed by atoms with E-state index in [-0.39, 0.29) is 0 Å². The maximum Gasteiger partial charge on any atom is 0.0991 e. The van der Waals surface area contributed by atoms with E-state index in [4.69, 9.17) is 4.98 Å². The number of aryl methyl sites for hydroxylation is 1. The van der Waals surface area contributed by atoms with Crippen LogP contribution in [0.5, 0.6) is 0 Å². The normalized spacial score (nSPS) is 18.3. The minimum atomic E-state index is 0.677. The summed E-state index contributed by atoms with van der Waals surface area (Å²) < 4.78 is 2.40. The highest BCUT2D eigenvalue weighted by Gasteiger charge is 2.20. The fourth-order valence-corrected chi connectivity index (χ4v) is 5.12. The molecule has 0 saturated heterocycles. The average molecular weight is 434 g/mol. The molecule has 0 atom stereocenters. The van der Waals surface area contributed by atoms with Crippen LogP contribution in [-0.2, 0) is 13.0 Å². The van der Waals surface area contributed by atoms with Crippen LogP contribution in [0.4, 0.5) is 0 Å². The van der Waals surface area contributed by atoms with Crippen molar-refractivity contribution >= 4 is 11.0 Å². The molecule has 1 aliphatic rings. The Labute approximate surface area is 196 Å². The van der Waals surface area contributed by atoms with E-state index in [1.807, 2.05) is 24.3 Å². The van der Waals surface area contributed by atoms with Crippen LogP contribution in [0.2, 0.25) is 0 Å². The Hall–Kier alpha value is -3.38. The monoisotopic (exact) mass is 433 g/mol. The topological polar surface area (TPSA) is 41.6 Å². The highest BCUT2D eigenvalue weighted by molar-refractivity contribution is 5.90. The summed E-state index contributed by atoms with van der Waals surface area (Å²) in [6, 6.07) is 23.3. The highest BCUT2D eigenvalue weighted by atomic mass is 15.0. The summed E-state index contributed by atoms with van der Waals surface area (Å²) in [7, 11) is 0. The second-order valence-corrected chi connectivity index (χ2v) is 9.62. The standard InChI is InChI=1S/C30H31N3/c1-3-22-8-14-26(15-9-22)30-27(25-12-10-23(19-31)11-13-25)18-29-28(32-30)16-17-33(29)20-24-6-4-21(2)5-7-24/h8-18,21,24H,3-7,20H2,1-2H3. The molecular weight excluding hydrogens is 402 g/mol. The molecule has 2 aromatic heterocycles. The molecule has 5 rings (SSSR count). The minimum Gasteiger partial charge on any atom is -0.346 e. The largest absolute Gasteiger partial charge is 0.346 e.